The van der Waals surface area contributed by atoms with Crippen LogP contribution < -0.4 is 10.1 Å². The lowest BCUT2D eigenvalue weighted by molar-refractivity contribution is 0.311. The van der Waals surface area contributed by atoms with Gasteiger partial charge in [-0.05, 0) is 32.4 Å². The molecule has 0 aromatic heterocycles. The minimum atomic E-state index is 0.239. The third kappa shape index (κ3) is 2.07. The lowest BCUT2D eigenvalue weighted by atomic mass is 10.0. The van der Waals surface area contributed by atoms with Crippen LogP contribution >= 0.6 is 0 Å². The molecule has 1 atom stereocenters. The lowest BCUT2D eigenvalue weighted by Gasteiger charge is -2.16. The van der Waals surface area contributed by atoms with Gasteiger partial charge in [0.1, 0.15) is 0 Å². The van der Waals surface area contributed by atoms with Crippen LogP contribution in [0.5, 0.6) is 11.5 Å². The van der Waals surface area contributed by atoms with Crippen LogP contribution in [0.4, 0.5) is 0 Å². The van der Waals surface area contributed by atoms with Gasteiger partial charge in [-0.3, -0.25) is 0 Å². The van der Waals surface area contributed by atoms with Gasteiger partial charge in [0.2, 0.25) is 0 Å². The first-order chi connectivity index (χ1) is 7.33. The fraction of sp³-hybridized carbons (Fsp3) is 0.500. The van der Waals surface area contributed by atoms with Crippen LogP contribution in [0, 0.1) is 0 Å². The number of hydrogen-bond donors (Lipinski definition) is 2. The number of aromatic hydroxyl groups is 1. The van der Waals surface area contributed by atoms with Crippen molar-refractivity contribution in [2.24, 2.45) is 0 Å². The SMILES string of the molecule is CCOc1c(O)cccc1[C@@H]1CCCN1. The first-order valence-electron chi connectivity index (χ1n) is 5.51. The average Bonchev–Trinajstić information content (AvgIpc) is 2.74. The van der Waals surface area contributed by atoms with Gasteiger partial charge in [0.15, 0.2) is 11.5 Å². The Kier molecular flexibility index (Phi) is 3.11. The number of benzene rings is 1. The monoisotopic (exact) mass is 207 g/mol. The molecule has 2 N–H and O–H groups in total. The van der Waals surface area contributed by atoms with Crippen LogP contribution in [0.3, 0.4) is 0 Å². The van der Waals surface area contributed by atoms with Gasteiger partial charge >= 0.3 is 0 Å². The van der Waals surface area contributed by atoms with Crippen molar-refractivity contribution in [3.8, 4) is 11.5 Å². The molecule has 0 amide bonds. The Labute approximate surface area is 90.1 Å². The first kappa shape index (κ1) is 10.3. The van der Waals surface area contributed by atoms with Gasteiger partial charge in [-0.1, -0.05) is 12.1 Å². The fourth-order valence-electron chi connectivity index (χ4n) is 2.07. The van der Waals surface area contributed by atoms with Crippen molar-refractivity contribution in [1.82, 2.24) is 5.32 Å². The Morgan fingerprint density at radius 1 is 1.53 bits per heavy atom. The summed E-state index contributed by atoms with van der Waals surface area (Å²) in [5.74, 6) is 0.877. The Balaban J connectivity index is 2.31. The molecule has 3 heteroatoms. The minimum Gasteiger partial charge on any atom is -0.504 e. The van der Waals surface area contributed by atoms with Gasteiger partial charge in [-0.25, -0.2) is 0 Å². The molecule has 1 heterocycles. The fourth-order valence-corrected chi connectivity index (χ4v) is 2.07. The largest absolute Gasteiger partial charge is 0.504 e. The molecule has 1 aromatic carbocycles. The van der Waals surface area contributed by atoms with E-state index in [1.165, 1.54) is 6.42 Å². The normalized spacial score (nSPS) is 20.5. The summed E-state index contributed by atoms with van der Waals surface area (Å²) < 4.78 is 5.49. The predicted molar refractivity (Wildman–Crippen MR) is 59.3 cm³/mol. The molecule has 1 aliphatic heterocycles. The zero-order chi connectivity index (χ0) is 10.7. The molecule has 0 radical (unpaired) electrons. The maximum Gasteiger partial charge on any atom is 0.165 e. The van der Waals surface area contributed by atoms with Crippen LogP contribution in [-0.2, 0) is 0 Å². The second-order valence-electron chi connectivity index (χ2n) is 3.78. The Hall–Kier alpha value is -1.22. The van der Waals surface area contributed by atoms with E-state index in [1.54, 1.807) is 6.07 Å². The van der Waals surface area contributed by atoms with Crippen molar-refractivity contribution in [2.45, 2.75) is 25.8 Å². The number of hydrogen-bond acceptors (Lipinski definition) is 3. The van der Waals surface area contributed by atoms with Crippen molar-refractivity contribution in [1.29, 1.82) is 0 Å². The molecule has 0 unspecified atom stereocenters. The molecular formula is C12H17NO2. The quantitative estimate of drug-likeness (QED) is 0.798. The summed E-state index contributed by atoms with van der Waals surface area (Å²) >= 11 is 0. The third-order valence-corrected chi connectivity index (χ3v) is 2.75. The van der Waals surface area contributed by atoms with Crippen molar-refractivity contribution < 1.29 is 9.84 Å². The Bertz CT molecular complexity index is 332. The molecule has 3 nitrogen and oxygen atoms in total. The van der Waals surface area contributed by atoms with E-state index >= 15 is 0 Å². The highest BCUT2D eigenvalue weighted by Crippen LogP contribution is 2.36. The molecule has 0 spiro atoms. The highest BCUT2D eigenvalue weighted by Gasteiger charge is 2.21. The number of para-hydroxylation sites is 1. The number of rotatable bonds is 3. The first-order valence-corrected chi connectivity index (χ1v) is 5.51. The van der Waals surface area contributed by atoms with Gasteiger partial charge in [-0.15, -0.1) is 0 Å². The topological polar surface area (TPSA) is 41.5 Å². The van der Waals surface area contributed by atoms with E-state index in [-0.39, 0.29) is 5.75 Å². The maximum atomic E-state index is 9.73. The zero-order valence-corrected chi connectivity index (χ0v) is 8.99. The molecule has 0 bridgehead atoms. The molecule has 1 fully saturated rings. The van der Waals surface area contributed by atoms with E-state index in [0.29, 0.717) is 18.4 Å². The number of nitrogens with one attached hydrogen (secondary N) is 1. The molecule has 1 aromatic rings. The Morgan fingerprint density at radius 3 is 3.07 bits per heavy atom. The average molecular weight is 207 g/mol. The van der Waals surface area contributed by atoms with Crippen molar-refractivity contribution >= 4 is 0 Å². The van der Waals surface area contributed by atoms with Gasteiger partial charge in [0.25, 0.3) is 0 Å². The van der Waals surface area contributed by atoms with E-state index in [1.807, 2.05) is 19.1 Å². The zero-order valence-electron chi connectivity index (χ0n) is 8.99. The van der Waals surface area contributed by atoms with Crippen molar-refractivity contribution in [3.05, 3.63) is 23.8 Å². The molecule has 82 valence electrons. The van der Waals surface area contributed by atoms with Gasteiger partial charge in [0, 0.05) is 11.6 Å². The van der Waals surface area contributed by atoms with E-state index < -0.39 is 0 Å². The predicted octanol–water partition coefficient (Wildman–Crippen LogP) is 2.22. The second-order valence-corrected chi connectivity index (χ2v) is 3.78. The molecule has 15 heavy (non-hydrogen) atoms. The molecular weight excluding hydrogens is 190 g/mol. The summed E-state index contributed by atoms with van der Waals surface area (Å²) in [6.45, 7) is 3.56. The third-order valence-electron chi connectivity index (χ3n) is 2.75. The maximum absolute atomic E-state index is 9.73. The Morgan fingerprint density at radius 2 is 2.40 bits per heavy atom. The summed E-state index contributed by atoms with van der Waals surface area (Å²) in [5, 5.41) is 13.1. The lowest BCUT2D eigenvalue weighted by Crippen LogP contribution is -2.14. The number of ether oxygens (including phenoxy) is 1. The van der Waals surface area contributed by atoms with E-state index in [9.17, 15) is 5.11 Å². The summed E-state index contributed by atoms with van der Waals surface area (Å²) in [4.78, 5) is 0. The van der Waals surface area contributed by atoms with E-state index in [4.69, 9.17) is 4.74 Å². The minimum absolute atomic E-state index is 0.239. The number of phenolic OH excluding ortho intramolecular Hbond substituents is 1. The molecule has 1 saturated heterocycles. The summed E-state index contributed by atoms with van der Waals surface area (Å²) in [6, 6.07) is 5.89. The molecule has 0 saturated carbocycles. The highest BCUT2D eigenvalue weighted by molar-refractivity contribution is 5.47. The molecule has 0 aliphatic carbocycles. The van der Waals surface area contributed by atoms with Crippen molar-refractivity contribution in [2.75, 3.05) is 13.2 Å². The summed E-state index contributed by atoms with van der Waals surface area (Å²) in [5.41, 5.74) is 1.08. The molecule has 2 rings (SSSR count). The summed E-state index contributed by atoms with van der Waals surface area (Å²) in [7, 11) is 0. The highest BCUT2D eigenvalue weighted by atomic mass is 16.5. The van der Waals surface area contributed by atoms with Crippen LogP contribution in [0.2, 0.25) is 0 Å². The van der Waals surface area contributed by atoms with Crippen molar-refractivity contribution in [3.63, 3.8) is 0 Å². The smallest absolute Gasteiger partial charge is 0.165 e. The standard InChI is InChI=1S/C12H17NO2/c1-2-15-12-9(5-3-7-11(12)14)10-6-4-8-13-10/h3,5,7,10,13-14H,2,4,6,8H2,1H3/t10-/m0/s1. The van der Waals surface area contributed by atoms with Gasteiger partial charge in [-0.2, -0.15) is 0 Å². The van der Waals surface area contributed by atoms with E-state index in [0.717, 1.165) is 18.5 Å². The summed E-state index contributed by atoms with van der Waals surface area (Å²) in [6.07, 6.45) is 2.30. The van der Waals surface area contributed by atoms with Crippen LogP contribution in [0.15, 0.2) is 18.2 Å². The second kappa shape index (κ2) is 4.53. The number of phenols is 1. The molecule has 1 aliphatic rings. The van der Waals surface area contributed by atoms with Crippen LogP contribution in [0.25, 0.3) is 0 Å². The van der Waals surface area contributed by atoms with E-state index in [2.05, 4.69) is 5.32 Å². The van der Waals surface area contributed by atoms with Gasteiger partial charge in [0.05, 0.1) is 6.61 Å². The van der Waals surface area contributed by atoms with Crippen LogP contribution in [0.1, 0.15) is 31.4 Å². The van der Waals surface area contributed by atoms with Crippen LogP contribution in [-0.4, -0.2) is 18.3 Å². The van der Waals surface area contributed by atoms with Gasteiger partial charge < -0.3 is 15.2 Å².